The lowest BCUT2D eigenvalue weighted by molar-refractivity contribution is 0.0983. The van der Waals surface area contributed by atoms with Crippen molar-refractivity contribution in [3.63, 3.8) is 0 Å². The van der Waals surface area contributed by atoms with Crippen LogP contribution in [0.5, 0.6) is 0 Å². The number of pyridine rings is 1. The van der Waals surface area contributed by atoms with Crippen LogP contribution in [0.15, 0.2) is 18.3 Å². The van der Waals surface area contributed by atoms with Crippen LogP contribution in [0, 0.1) is 5.92 Å². The van der Waals surface area contributed by atoms with E-state index in [-0.39, 0.29) is 5.78 Å². The monoisotopic (exact) mass is 262 g/mol. The van der Waals surface area contributed by atoms with E-state index >= 15 is 0 Å². The summed E-state index contributed by atoms with van der Waals surface area (Å²) in [6.07, 6.45) is 4.90. The minimum absolute atomic E-state index is 0.0852. The molecule has 4 nitrogen and oxygen atoms in total. The smallest absolute Gasteiger partial charge is 0.180 e. The molecule has 0 aromatic carbocycles. The fourth-order valence-corrected chi connectivity index (χ4v) is 1.82. The molecule has 1 saturated carbocycles. The molecule has 104 valence electrons. The van der Waals surface area contributed by atoms with Crippen molar-refractivity contribution in [1.82, 2.24) is 4.98 Å². The first-order valence-corrected chi connectivity index (χ1v) is 6.99. The van der Waals surface area contributed by atoms with Crippen molar-refractivity contribution in [2.75, 3.05) is 31.7 Å². The first-order chi connectivity index (χ1) is 9.20. The van der Waals surface area contributed by atoms with Gasteiger partial charge in [-0.2, -0.15) is 0 Å². The maximum Gasteiger partial charge on any atom is 0.180 e. The fourth-order valence-electron chi connectivity index (χ4n) is 1.82. The summed E-state index contributed by atoms with van der Waals surface area (Å²) in [5, 5.41) is 0. The zero-order valence-electron chi connectivity index (χ0n) is 11.8. The Hall–Kier alpha value is -1.42. The van der Waals surface area contributed by atoms with E-state index in [1.807, 2.05) is 20.0 Å². The number of anilines is 1. The van der Waals surface area contributed by atoms with Crippen molar-refractivity contribution in [3.05, 3.63) is 24.0 Å². The molecule has 1 aromatic heterocycles. The van der Waals surface area contributed by atoms with Crippen LogP contribution < -0.4 is 4.90 Å². The van der Waals surface area contributed by atoms with Crippen LogP contribution in [0.3, 0.4) is 0 Å². The molecule has 0 spiro atoms. The molecule has 0 aliphatic heterocycles. The normalized spacial score (nSPS) is 14.4. The van der Waals surface area contributed by atoms with Crippen LogP contribution in [0.25, 0.3) is 0 Å². The number of hydrogen-bond acceptors (Lipinski definition) is 4. The lowest BCUT2D eigenvalue weighted by atomic mass is 10.2. The molecule has 0 radical (unpaired) electrons. The average Bonchev–Trinajstić information content (AvgIpc) is 3.27. The topological polar surface area (TPSA) is 42.4 Å². The van der Waals surface area contributed by atoms with E-state index in [0.717, 1.165) is 31.4 Å². The molecule has 1 fully saturated rings. The van der Waals surface area contributed by atoms with Gasteiger partial charge in [-0.15, -0.1) is 0 Å². The highest BCUT2D eigenvalue weighted by molar-refractivity contribution is 5.94. The third-order valence-electron chi connectivity index (χ3n) is 3.42. The van der Waals surface area contributed by atoms with Crippen LogP contribution in [-0.2, 0) is 4.74 Å². The molecule has 1 aliphatic rings. The molecule has 1 aromatic rings. The molecule has 1 heterocycles. The van der Waals surface area contributed by atoms with Crippen molar-refractivity contribution in [1.29, 1.82) is 0 Å². The Morgan fingerprint density at radius 3 is 2.84 bits per heavy atom. The van der Waals surface area contributed by atoms with Crippen molar-refractivity contribution >= 4 is 11.5 Å². The van der Waals surface area contributed by atoms with Gasteiger partial charge >= 0.3 is 0 Å². The van der Waals surface area contributed by atoms with E-state index in [0.29, 0.717) is 12.1 Å². The first kappa shape index (κ1) is 14.0. The molecule has 4 heteroatoms. The predicted octanol–water partition coefficient (Wildman–Crippen LogP) is 2.54. The molecular formula is C15H22N2O2. The lowest BCUT2D eigenvalue weighted by Crippen LogP contribution is -2.23. The minimum Gasteiger partial charge on any atom is -0.379 e. The van der Waals surface area contributed by atoms with Crippen molar-refractivity contribution in [2.24, 2.45) is 5.92 Å². The zero-order chi connectivity index (χ0) is 13.7. The quantitative estimate of drug-likeness (QED) is 0.533. The van der Waals surface area contributed by atoms with Gasteiger partial charge in [0.2, 0.25) is 0 Å². The van der Waals surface area contributed by atoms with Gasteiger partial charge in [0.15, 0.2) is 5.78 Å². The van der Waals surface area contributed by atoms with E-state index in [1.54, 1.807) is 12.3 Å². The van der Waals surface area contributed by atoms with Gasteiger partial charge in [0.1, 0.15) is 5.69 Å². The second kappa shape index (κ2) is 6.66. The summed E-state index contributed by atoms with van der Waals surface area (Å²) in [7, 11) is 2.01. The summed E-state index contributed by atoms with van der Waals surface area (Å²) in [5.41, 5.74) is 1.56. The molecule has 0 unspecified atom stereocenters. The SMILES string of the molecule is CCC(=O)c1ccc(N(C)CCOCC2CC2)cn1. The summed E-state index contributed by atoms with van der Waals surface area (Å²) < 4.78 is 5.61. The molecule has 0 N–H and O–H groups in total. The largest absolute Gasteiger partial charge is 0.379 e. The summed E-state index contributed by atoms with van der Waals surface area (Å²) in [6.45, 7) is 4.33. The number of hydrogen-bond donors (Lipinski definition) is 0. The zero-order valence-corrected chi connectivity index (χ0v) is 11.8. The number of likely N-dealkylation sites (N-methyl/N-ethyl adjacent to an activating group) is 1. The Labute approximate surface area is 114 Å². The summed E-state index contributed by atoms with van der Waals surface area (Å²) in [4.78, 5) is 17.8. The second-order valence-corrected chi connectivity index (χ2v) is 5.12. The number of carbonyl (C=O) groups is 1. The van der Waals surface area contributed by atoms with E-state index in [9.17, 15) is 4.79 Å². The third-order valence-corrected chi connectivity index (χ3v) is 3.42. The average molecular weight is 262 g/mol. The molecular weight excluding hydrogens is 240 g/mol. The number of nitrogens with zero attached hydrogens (tertiary/aromatic N) is 2. The van der Waals surface area contributed by atoms with Crippen molar-refractivity contribution in [2.45, 2.75) is 26.2 Å². The molecule has 0 atom stereocenters. The number of ketones is 1. The van der Waals surface area contributed by atoms with Crippen LogP contribution >= 0.6 is 0 Å². The molecule has 0 amide bonds. The molecule has 2 rings (SSSR count). The highest BCUT2D eigenvalue weighted by Crippen LogP contribution is 2.28. The van der Waals surface area contributed by atoms with Gasteiger partial charge in [0, 0.05) is 26.6 Å². The Kier molecular flexibility index (Phi) is 4.91. The fraction of sp³-hybridized carbons (Fsp3) is 0.600. The Bertz CT molecular complexity index is 413. The predicted molar refractivity (Wildman–Crippen MR) is 75.7 cm³/mol. The van der Waals surface area contributed by atoms with Gasteiger partial charge in [0.25, 0.3) is 0 Å². The van der Waals surface area contributed by atoms with Gasteiger partial charge in [-0.05, 0) is 30.9 Å². The second-order valence-electron chi connectivity index (χ2n) is 5.12. The number of ether oxygens (including phenoxy) is 1. The molecule has 19 heavy (non-hydrogen) atoms. The van der Waals surface area contributed by atoms with Gasteiger partial charge in [-0.3, -0.25) is 9.78 Å². The maximum absolute atomic E-state index is 11.5. The first-order valence-electron chi connectivity index (χ1n) is 6.99. The molecule has 0 bridgehead atoms. The summed E-state index contributed by atoms with van der Waals surface area (Å²) in [5.74, 6) is 0.897. The van der Waals surface area contributed by atoms with Crippen molar-refractivity contribution in [3.8, 4) is 0 Å². The molecule has 0 saturated heterocycles. The van der Waals surface area contributed by atoms with Crippen LogP contribution in [-0.4, -0.2) is 37.6 Å². The van der Waals surface area contributed by atoms with Crippen LogP contribution in [0.1, 0.15) is 36.7 Å². The Balaban J connectivity index is 1.77. The van der Waals surface area contributed by atoms with Gasteiger partial charge in [0.05, 0.1) is 18.5 Å². The van der Waals surface area contributed by atoms with Crippen LogP contribution in [0.2, 0.25) is 0 Å². The summed E-state index contributed by atoms with van der Waals surface area (Å²) in [6, 6.07) is 3.74. The highest BCUT2D eigenvalue weighted by Gasteiger charge is 2.20. The Morgan fingerprint density at radius 1 is 1.47 bits per heavy atom. The number of rotatable bonds is 8. The van der Waals surface area contributed by atoms with Gasteiger partial charge in [-0.1, -0.05) is 6.92 Å². The third kappa shape index (κ3) is 4.31. The van der Waals surface area contributed by atoms with E-state index in [4.69, 9.17) is 4.74 Å². The number of aromatic nitrogens is 1. The van der Waals surface area contributed by atoms with Crippen LogP contribution in [0.4, 0.5) is 5.69 Å². The lowest BCUT2D eigenvalue weighted by Gasteiger charge is -2.18. The number of carbonyl (C=O) groups excluding carboxylic acids is 1. The minimum atomic E-state index is 0.0852. The van der Waals surface area contributed by atoms with E-state index < -0.39 is 0 Å². The maximum atomic E-state index is 11.5. The summed E-state index contributed by atoms with van der Waals surface area (Å²) >= 11 is 0. The number of Topliss-reactive ketones (excluding diaryl/α,β-unsaturated/α-hetero) is 1. The van der Waals surface area contributed by atoms with Crippen molar-refractivity contribution < 1.29 is 9.53 Å². The van der Waals surface area contributed by atoms with Gasteiger partial charge < -0.3 is 9.64 Å². The van der Waals surface area contributed by atoms with Gasteiger partial charge in [-0.25, -0.2) is 0 Å². The molecule has 1 aliphatic carbocycles. The van der Waals surface area contributed by atoms with E-state index in [2.05, 4.69) is 9.88 Å². The standard InChI is InChI=1S/C15H22N2O2/c1-3-15(18)14-7-6-13(10-16-14)17(2)8-9-19-11-12-4-5-12/h6-7,10,12H,3-5,8-9,11H2,1-2H3. The highest BCUT2D eigenvalue weighted by atomic mass is 16.5. The van der Waals surface area contributed by atoms with E-state index in [1.165, 1.54) is 12.8 Å². The Morgan fingerprint density at radius 2 is 2.26 bits per heavy atom.